The van der Waals surface area contributed by atoms with Crippen molar-refractivity contribution in [3.8, 4) is 17.1 Å². The van der Waals surface area contributed by atoms with Crippen molar-refractivity contribution >= 4 is 28.5 Å². The first-order valence-electron chi connectivity index (χ1n) is 10.4. The molecule has 8 heteroatoms. The smallest absolute Gasteiger partial charge is 0.295 e. The number of benzene rings is 1. The second-order valence-electron chi connectivity index (χ2n) is 7.94. The molecule has 0 aliphatic carbocycles. The molecule has 0 amide bonds. The van der Waals surface area contributed by atoms with Crippen molar-refractivity contribution in [1.29, 1.82) is 0 Å². The summed E-state index contributed by atoms with van der Waals surface area (Å²) in [5, 5.41) is 4.01. The number of fused-ring (bicyclic) bond motifs is 1. The maximum Gasteiger partial charge on any atom is 0.295 e. The van der Waals surface area contributed by atoms with Gasteiger partial charge < -0.3 is 19.5 Å². The lowest BCUT2D eigenvalue weighted by Gasteiger charge is -2.26. The quantitative estimate of drug-likeness (QED) is 0.573. The molecule has 0 saturated carbocycles. The molecular formula is C22H27ClN4O3. The minimum atomic E-state index is -0.137. The minimum absolute atomic E-state index is 0.137. The Morgan fingerprint density at radius 3 is 2.87 bits per heavy atom. The van der Waals surface area contributed by atoms with Crippen LogP contribution >= 0.6 is 11.6 Å². The number of aromatic nitrogens is 2. The topological polar surface area (TPSA) is 83.4 Å². The van der Waals surface area contributed by atoms with E-state index in [2.05, 4.69) is 20.2 Å². The van der Waals surface area contributed by atoms with Crippen LogP contribution in [-0.4, -0.2) is 47.2 Å². The Bertz CT molecular complexity index is 1070. The number of nitrogens with zero attached hydrogens (tertiary/aromatic N) is 2. The molecular weight excluding hydrogens is 404 g/mol. The zero-order chi connectivity index (χ0) is 21.1. The van der Waals surface area contributed by atoms with Crippen LogP contribution < -0.4 is 15.5 Å². The molecule has 1 aromatic carbocycles. The first kappa shape index (κ1) is 20.8. The number of anilines is 1. The van der Waals surface area contributed by atoms with Crippen LogP contribution in [0.3, 0.4) is 0 Å². The maximum absolute atomic E-state index is 12.6. The third-order valence-electron chi connectivity index (χ3n) is 5.21. The van der Waals surface area contributed by atoms with Crippen molar-refractivity contribution in [2.75, 3.05) is 31.6 Å². The second kappa shape index (κ2) is 9.10. The number of likely N-dealkylation sites (tertiary alicyclic amines) is 1. The number of piperidine rings is 1. The fourth-order valence-corrected chi connectivity index (χ4v) is 3.96. The van der Waals surface area contributed by atoms with Crippen LogP contribution in [0.5, 0.6) is 5.75 Å². The molecule has 2 N–H and O–H groups in total. The third-order valence-corrected chi connectivity index (χ3v) is 5.59. The number of halogens is 1. The normalized spacial score (nSPS) is 15.1. The molecule has 3 heterocycles. The van der Waals surface area contributed by atoms with Gasteiger partial charge in [-0.05, 0) is 51.9 Å². The first-order valence-corrected chi connectivity index (χ1v) is 10.8. The minimum Gasteiger partial charge on any atom is -0.491 e. The van der Waals surface area contributed by atoms with Crippen molar-refractivity contribution in [1.82, 2.24) is 14.9 Å². The Morgan fingerprint density at radius 2 is 2.10 bits per heavy atom. The molecule has 160 valence electrons. The highest BCUT2D eigenvalue weighted by Crippen LogP contribution is 2.32. The lowest BCUT2D eigenvalue weighted by molar-refractivity contribution is 0.183. The molecule has 1 fully saturated rings. The van der Waals surface area contributed by atoms with E-state index in [1.54, 1.807) is 12.1 Å². The summed E-state index contributed by atoms with van der Waals surface area (Å²) in [6.45, 7) is 7.66. The molecule has 0 bridgehead atoms. The van der Waals surface area contributed by atoms with Gasteiger partial charge in [-0.25, -0.2) is 0 Å². The van der Waals surface area contributed by atoms with E-state index in [1.165, 1.54) is 31.6 Å². The summed E-state index contributed by atoms with van der Waals surface area (Å²) >= 11 is 6.60. The molecule has 7 nitrogen and oxygen atoms in total. The van der Waals surface area contributed by atoms with E-state index in [0.29, 0.717) is 45.7 Å². The molecule has 0 spiro atoms. The van der Waals surface area contributed by atoms with E-state index >= 15 is 0 Å². The standard InChI is InChI=1S/C22H27ClN4O3/c1-14(2)24-22-26-17(13-30-22)16-12-18(28)15-6-7-19(20(23)21(15)25-16)29-11-10-27-8-4-3-5-9-27/h6-7,12-14H,3-5,8-11H2,1-2H3,(H,24,26)(H,25,28). The predicted molar refractivity (Wildman–Crippen MR) is 120 cm³/mol. The number of aromatic amines is 1. The van der Waals surface area contributed by atoms with Crippen LogP contribution in [0.15, 0.2) is 33.7 Å². The number of pyridine rings is 1. The Morgan fingerprint density at radius 1 is 1.30 bits per heavy atom. The van der Waals surface area contributed by atoms with Crippen LogP contribution in [0.2, 0.25) is 5.02 Å². The van der Waals surface area contributed by atoms with Gasteiger partial charge in [0.1, 0.15) is 29.3 Å². The van der Waals surface area contributed by atoms with Gasteiger partial charge in [0.15, 0.2) is 5.43 Å². The largest absolute Gasteiger partial charge is 0.491 e. The number of oxazole rings is 1. The molecule has 0 radical (unpaired) electrons. The van der Waals surface area contributed by atoms with E-state index in [9.17, 15) is 4.79 Å². The number of hydrogen-bond donors (Lipinski definition) is 2. The van der Waals surface area contributed by atoms with Gasteiger partial charge in [0.25, 0.3) is 6.01 Å². The molecule has 4 rings (SSSR count). The molecule has 1 aliphatic heterocycles. The fourth-order valence-electron chi connectivity index (χ4n) is 3.69. The van der Waals surface area contributed by atoms with Crippen molar-refractivity contribution in [3.63, 3.8) is 0 Å². The van der Waals surface area contributed by atoms with E-state index in [-0.39, 0.29) is 11.5 Å². The summed E-state index contributed by atoms with van der Waals surface area (Å²) in [5.41, 5.74) is 1.47. The van der Waals surface area contributed by atoms with Crippen LogP contribution in [0.4, 0.5) is 6.01 Å². The van der Waals surface area contributed by atoms with Gasteiger partial charge in [0.05, 0.1) is 11.2 Å². The monoisotopic (exact) mass is 430 g/mol. The van der Waals surface area contributed by atoms with Crippen molar-refractivity contribution in [2.45, 2.75) is 39.2 Å². The molecule has 0 atom stereocenters. The molecule has 3 aromatic rings. The SMILES string of the molecule is CC(C)Nc1nc(-c2cc(=O)c3ccc(OCCN4CCCCC4)c(Cl)c3[nH]2)co1. The Balaban J connectivity index is 1.56. The Labute approximate surface area is 180 Å². The Hall–Kier alpha value is -2.51. The van der Waals surface area contributed by atoms with Crippen molar-refractivity contribution < 1.29 is 9.15 Å². The molecule has 1 saturated heterocycles. The van der Waals surface area contributed by atoms with E-state index < -0.39 is 0 Å². The van der Waals surface area contributed by atoms with E-state index in [4.69, 9.17) is 20.8 Å². The zero-order valence-electron chi connectivity index (χ0n) is 17.3. The van der Waals surface area contributed by atoms with Gasteiger partial charge in [-0.15, -0.1) is 0 Å². The average molecular weight is 431 g/mol. The fraction of sp³-hybridized carbons (Fsp3) is 0.455. The van der Waals surface area contributed by atoms with Crippen LogP contribution in [0.1, 0.15) is 33.1 Å². The summed E-state index contributed by atoms with van der Waals surface area (Å²) in [6.07, 6.45) is 5.31. The van der Waals surface area contributed by atoms with Gasteiger partial charge in [-0.3, -0.25) is 9.69 Å². The predicted octanol–water partition coefficient (Wildman–Crippen LogP) is 4.52. The van der Waals surface area contributed by atoms with Crippen molar-refractivity contribution in [2.24, 2.45) is 0 Å². The van der Waals surface area contributed by atoms with Gasteiger partial charge in [-0.2, -0.15) is 4.98 Å². The average Bonchev–Trinajstić information content (AvgIpc) is 3.18. The van der Waals surface area contributed by atoms with Gasteiger partial charge in [0.2, 0.25) is 0 Å². The third kappa shape index (κ3) is 4.63. The number of rotatable bonds is 7. The summed E-state index contributed by atoms with van der Waals surface area (Å²) in [4.78, 5) is 22.7. The second-order valence-corrected chi connectivity index (χ2v) is 8.31. The van der Waals surface area contributed by atoms with E-state index in [1.807, 2.05) is 13.8 Å². The highest BCUT2D eigenvalue weighted by molar-refractivity contribution is 6.36. The van der Waals surface area contributed by atoms with Crippen LogP contribution in [0.25, 0.3) is 22.3 Å². The van der Waals surface area contributed by atoms with Gasteiger partial charge >= 0.3 is 0 Å². The van der Waals surface area contributed by atoms with E-state index in [0.717, 1.165) is 19.6 Å². The maximum atomic E-state index is 12.6. The van der Waals surface area contributed by atoms with Gasteiger partial charge in [-0.1, -0.05) is 18.0 Å². The first-order chi connectivity index (χ1) is 14.5. The lowest BCUT2D eigenvalue weighted by Crippen LogP contribution is -2.33. The summed E-state index contributed by atoms with van der Waals surface area (Å²) in [7, 11) is 0. The number of hydrogen-bond acceptors (Lipinski definition) is 6. The van der Waals surface area contributed by atoms with Crippen LogP contribution in [0, 0.1) is 0 Å². The molecule has 1 aliphatic rings. The molecule has 2 aromatic heterocycles. The highest BCUT2D eigenvalue weighted by atomic mass is 35.5. The summed E-state index contributed by atoms with van der Waals surface area (Å²) in [6, 6.07) is 5.60. The molecule has 0 unspecified atom stereocenters. The number of ether oxygens (including phenoxy) is 1. The van der Waals surface area contributed by atoms with Crippen molar-refractivity contribution in [3.05, 3.63) is 39.7 Å². The summed E-state index contributed by atoms with van der Waals surface area (Å²) < 4.78 is 11.4. The summed E-state index contributed by atoms with van der Waals surface area (Å²) in [5.74, 6) is 0.566. The van der Waals surface area contributed by atoms with Crippen LogP contribution in [-0.2, 0) is 0 Å². The highest BCUT2D eigenvalue weighted by Gasteiger charge is 2.15. The number of H-pyrrole nitrogens is 1. The Kier molecular flexibility index (Phi) is 6.29. The number of nitrogens with one attached hydrogen (secondary N) is 2. The zero-order valence-corrected chi connectivity index (χ0v) is 18.1. The molecule has 30 heavy (non-hydrogen) atoms. The lowest BCUT2D eigenvalue weighted by atomic mass is 10.1. The van der Waals surface area contributed by atoms with Gasteiger partial charge in [0, 0.05) is 24.0 Å².